The van der Waals surface area contributed by atoms with Crippen molar-refractivity contribution in [2.75, 3.05) is 0 Å². The maximum Gasteiger partial charge on any atom is 0.210 e. The van der Waals surface area contributed by atoms with Crippen LogP contribution in [0.4, 0.5) is 0 Å². The molecule has 0 amide bonds. The third kappa shape index (κ3) is 4.54. The van der Waals surface area contributed by atoms with Crippen molar-refractivity contribution in [1.29, 1.82) is 0 Å². The van der Waals surface area contributed by atoms with Gasteiger partial charge < -0.3 is 0 Å². The normalized spacial score (nSPS) is 7.00. The Bertz CT molecular complexity index is 44.9. The summed E-state index contributed by atoms with van der Waals surface area (Å²) in [4.78, 5) is 0. The molecule has 0 atom stereocenters. The molecule has 0 unspecified atom stereocenters. The number of hydrogen-bond donors (Lipinski definition) is 0. The highest BCUT2D eigenvalue weighted by molar-refractivity contribution is 6.96. The van der Waals surface area contributed by atoms with E-state index < -0.39 is 0 Å². The van der Waals surface area contributed by atoms with Gasteiger partial charge >= 0.3 is 0 Å². The van der Waals surface area contributed by atoms with E-state index in [2.05, 4.69) is 16.3 Å². The Kier molecular flexibility index (Phi) is 3.06. The van der Waals surface area contributed by atoms with Crippen LogP contribution in [0.3, 0.4) is 0 Å². The van der Waals surface area contributed by atoms with Crippen LogP contribution in [0.2, 0.25) is 0 Å². The summed E-state index contributed by atoms with van der Waals surface area (Å²) in [6.07, 6.45) is 0. The van der Waals surface area contributed by atoms with Crippen LogP contribution in [0, 0.1) is 0 Å². The Labute approximate surface area is 44.7 Å². The highest BCUT2D eigenvalue weighted by Gasteiger charge is 1.73. The molecule has 4 heteroatoms. The lowest BCUT2D eigenvalue weighted by Gasteiger charge is -1.63. The SMILES string of the molecule is ClN=C(Cl)Cl. The number of halogens is 3. The van der Waals surface area contributed by atoms with E-state index in [0.717, 1.165) is 0 Å². The van der Waals surface area contributed by atoms with Gasteiger partial charge in [0.25, 0.3) is 0 Å². The lowest BCUT2D eigenvalue weighted by Crippen LogP contribution is -1.55. The summed E-state index contributed by atoms with van der Waals surface area (Å²) < 4.78 is 2.65. The summed E-state index contributed by atoms with van der Waals surface area (Å²) in [6, 6.07) is 0. The Morgan fingerprint density at radius 1 is 1.40 bits per heavy atom. The first-order valence-electron chi connectivity index (χ1n) is 0.771. The summed E-state index contributed by atoms with van der Waals surface area (Å²) >= 11 is 14.4. The van der Waals surface area contributed by atoms with Crippen LogP contribution in [-0.4, -0.2) is 4.63 Å². The van der Waals surface area contributed by atoms with E-state index in [9.17, 15) is 0 Å². The van der Waals surface area contributed by atoms with Gasteiger partial charge in [0.1, 0.15) is 0 Å². The molecule has 0 aromatic rings. The maximum atomic E-state index is 4.85. The second-order valence-electron chi connectivity index (χ2n) is 0.325. The van der Waals surface area contributed by atoms with Crippen molar-refractivity contribution in [3.63, 3.8) is 0 Å². The van der Waals surface area contributed by atoms with Crippen molar-refractivity contribution in [2.24, 2.45) is 4.51 Å². The Morgan fingerprint density at radius 3 is 1.60 bits per heavy atom. The zero-order valence-corrected chi connectivity index (χ0v) is 4.35. The van der Waals surface area contributed by atoms with E-state index in [0.29, 0.717) is 0 Å². The molecule has 0 bridgehead atoms. The second kappa shape index (κ2) is 2.76. The quantitative estimate of drug-likeness (QED) is 0.447. The number of nitrogens with zero attached hydrogens (tertiary/aromatic N) is 1. The summed E-state index contributed by atoms with van der Waals surface area (Å²) in [5.74, 6) is 0. The third-order valence-corrected chi connectivity index (χ3v) is 0.575. The molecule has 0 aromatic carbocycles. The molecule has 0 aromatic heterocycles. The number of rotatable bonds is 0. The molecule has 5 heavy (non-hydrogen) atoms. The summed E-state index contributed by atoms with van der Waals surface area (Å²) in [7, 11) is 0. The van der Waals surface area contributed by atoms with Crippen molar-refractivity contribution in [2.45, 2.75) is 0 Å². The molecule has 0 spiro atoms. The smallest absolute Gasteiger partial charge is 0.153 e. The summed E-state index contributed by atoms with van der Waals surface area (Å²) in [5.41, 5.74) is 0. The lowest BCUT2D eigenvalue weighted by molar-refractivity contribution is 1.97. The molecule has 0 fully saturated rings. The molecule has 0 aliphatic heterocycles. The van der Waals surface area contributed by atoms with Crippen molar-refractivity contribution < 1.29 is 0 Å². The molecule has 0 saturated heterocycles. The Balaban J connectivity index is 3.14. The average Bonchev–Trinajstić information content (AvgIpc) is 1.38. The van der Waals surface area contributed by atoms with Crippen LogP contribution in [0.15, 0.2) is 4.51 Å². The van der Waals surface area contributed by atoms with Crippen LogP contribution in [-0.2, 0) is 0 Å². The summed E-state index contributed by atoms with van der Waals surface area (Å²) in [5, 5.41) is 0. The van der Waals surface area contributed by atoms with Gasteiger partial charge in [-0.15, -0.1) is 0 Å². The molecule has 30 valence electrons. The molecule has 0 N–H and O–H groups in total. The average molecular weight is 132 g/mol. The fourth-order valence-corrected chi connectivity index (χ4v) is 0. The molecule has 0 saturated carbocycles. The van der Waals surface area contributed by atoms with Gasteiger partial charge in [-0.1, -0.05) is 0 Å². The topological polar surface area (TPSA) is 12.4 Å². The minimum absolute atomic E-state index is 0.160. The monoisotopic (exact) mass is 131 g/mol. The zero-order valence-electron chi connectivity index (χ0n) is 2.08. The Morgan fingerprint density at radius 2 is 1.60 bits per heavy atom. The molecule has 0 radical (unpaired) electrons. The van der Waals surface area contributed by atoms with Gasteiger partial charge in [0.05, 0.1) is 0 Å². The predicted molar refractivity (Wildman–Crippen MR) is 25.0 cm³/mol. The minimum Gasteiger partial charge on any atom is -0.153 e. The van der Waals surface area contributed by atoms with Gasteiger partial charge in [-0.2, -0.15) is 4.51 Å². The van der Waals surface area contributed by atoms with Crippen molar-refractivity contribution >= 4 is 39.6 Å². The van der Waals surface area contributed by atoms with Crippen LogP contribution in [0.1, 0.15) is 0 Å². The molecular formula is CCl3N. The van der Waals surface area contributed by atoms with Gasteiger partial charge in [-0.05, 0) is 23.2 Å². The largest absolute Gasteiger partial charge is 0.210 e. The first-order valence-corrected chi connectivity index (χ1v) is 1.86. The summed E-state index contributed by atoms with van der Waals surface area (Å²) in [6.45, 7) is 0. The van der Waals surface area contributed by atoms with Crippen LogP contribution >= 0.6 is 35.0 Å². The first kappa shape index (κ1) is 5.54. The van der Waals surface area contributed by atoms with E-state index in [4.69, 9.17) is 23.2 Å². The van der Waals surface area contributed by atoms with Crippen molar-refractivity contribution in [3.05, 3.63) is 0 Å². The van der Waals surface area contributed by atoms with Gasteiger partial charge in [0, 0.05) is 11.8 Å². The molecule has 0 aliphatic rings. The fourth-order valence-electron chi connectivity index (χ4n) is 0. The predicted octanol–water partition coefficient (Wildman–Crippen LogP) is 1.97. The first-order chi connectivity index (χ1) is 2.27. The van der Waals surface area contributed by atoms with Gasteiger partial charge in [-0.25, -0.2) is 0 Å². The molecular weight excluding hydrogens is 132 g/mol. The van der Waals surface area contributed by atoms with Crippen molar-refractivity contribution in [1.82, 2.24) is 0 Å². The van der Waals surface area contributed by atoms with E-state index in [-0.39, 0.29) is 4.63 Å². The van der Waals surface area contributed by atoms with Crippen molar-refractivity contribution in [3.8, 4) is 0 Å². The minimum atomic E-state index is -0.160. The highest BCUT2D eigenvalue weighted by atomic mass is 35.5. The maximum absolute atomic E-state index is 4.85. The fraction of sp³-hybridized carbons (Fsp3) is 0. The lowest BCUT2D eigenvalue weighted by atomic mass is 11.7. The molecule has 0 rings (SSSR count). The standard InChI is InChI=1S/CCl3N/c2-1(3)5-4. The Hall–Kier alpha value is 0.540. The molecule has 0 heterocycles. The molecule has 1 nitrogen and oxygen atoms in total. The van der Waals surface area contributed by atoms with Crippen LogP contribution in [0.5, 0.6) is 0 Å². The van der Waals surface area contributed by atoms with E-state index in [1.165, 1.54) is 0 Å². The van der Waals surface area contributed by atoms with E-state index in [1.54, 1.807) is 0 Å². The third-order valence-electron chi connectivity index (χ3n) is 0.0639. The van der Waals surface area contributed by atoms with Crippen LogP contribution in [0.25, 0.3) is 0 Å². The van der Waals surface area contributed by atoms with Gasteiger partial charge in [0.2, 0.25) is 4.63 Å². The van der Waals surface area contributed by atoms with Gasteiger partial charge in [-0.3, -0.25) is 0 Å². The van der Waals surface area contributed by atoms with Gasteiger partial charge in [0.15, 0.2) is 0 Å². The molecule has 0 aliphatic carbocycles. The number of hydrogen-bond acceptors (Lipinski definition) is 1. The second-order valence-corrected chi connectivity index (χ2v) is 1.40. The van der Waals surface area contributed by atoms with E-state index >= 15 is 0 Å². The van der Waals surface area contributed by atoms with E-state index in [1.807, 2.05) is 0 Å². The van der Waals surface area contributed by atoms with Crippen LogP contribution < -0.4 is 0 Å². The highest BCUT2D eigenvalue weighted by Crippen LogP contribution is 1.91. The zero-order chi connectivity index (χ0) is 4.28.